The molecule has 0 aliphatic heterocycles. The summed E-state index contributed by atoms with van der Waals surface area (Å²) in [6.45, 7) is 4.10. The van der Waals surface area contributed by atoms with E-state index in [2.05, 4.69) is 54.7 Å². The van der Waals surface area contributed by atoms with Crippen molar-refractivity contribution in [3.8, 4) is 5.75 Å². The van der Waals surface area contributed by atoms with E-state index in [9.17, 15) is 0 Å². The Balaban J connectivity index is 1.97. The smallest absolute Gasteiger partial charge is 0.118 e. The van der Waals surface area contributed by atoms with Gasteiger partial charge in [0.25, 0.3) is 0 Å². The Labute approximate surface area is 143 Å². The lowest BCUT2D eigenvalue weighted by Crippen LogP contribution is -2.14. The summed E-state index contributed by atoms with van der Waals surface area (Å²) in [5, 5.41) is 3.60. The van der Waals surface area contributed by atoms with Crippen LogP contribution in [0.3, 0.4) is 0 Å². The molecular weight excluding hydrogens is 296 g/mol. The largest absolute Gasteiger partial charge is 0.497 e. The van der Waals surface area contributed by atoms with Crippen LogP contribution in [-0.4, -0.2) is 12.1 Å². The fraction of sp³-hybridized carbons (Fsp3) is 0.190. The fourth-order valence-electron chi connectivity index (χ4n) is 2.67. The van der Waals surface area contributed by atoms with Crippen molar-refractivity contribution < 1.29 is 4.74 Å². The Morgan fingerprint density at radius 2 is 1.58 bits per heavy atom. The molecule has 3 nitrogen and oxygen atoms in total. The number of hydrogen-bond acceptors (Lipinski definition) is 3. The molecule has 0 bridgehead atoms. The van der Waals surface area contributed by atoms with Crippen LogP contribution in [0.4, 0.5) is 5.69 Å². The number of pyridine rings is 1. The van der Waals surface area contributed by atoms with Crippen molar-refractivity contribution in [1.82, 2.24) is 4.98 Å². The maximum absolute atomic E-state index is 5.27. The van der Waals surface area contributed by atoms with Crippen LogP contribution >= 0.6 is 0 Å². The molecular formula is C21H22N2O. The summed E-state index contributed by atoms with van der Waals surface area (Å²) in [5.74, 6) is 0.852. The number of anilines is 1. The summed E-state index contributed by atoms with van der Waals surface area (Å²) >= 11 is 0. The van der Waals surface area contributed by atoms with Gasteiger partial charge in [0.1, 0.15) is 5.75 Å². The van der Waals surface area contributed by atoms with Gasteiger partial charge in [-0.15, -0.1) is 0 Å². The molecule has 0 aliphatic rings. The van der Waals surface area contributed by atoms with Gasteiger partial charge >= 0.3 is 0 Å². The van der Waals surface area contributed by atoms with Crippen LogP contribution in [0, 0.1) is 13.8 Å². The zero-order chi connectivity index (χ0) is 16.9. The van der Waals surface area contributed by atoms with Gasteiger partial charge in [-0.3, -0.25) is 4.98 Å². The molecule has 1 unspecified atom stereocenters. The van der Waals surface area contributed by atoms with E-state index < -0.39 is 0 Å². The van der Waals surface area contributed by atoms with Crippen molar-refractivity contribution in [2.75, 3.05) is 12.4 Å². The lowest BCUT2D eigenvalue weighted by atomic mass is 10.0. The lowest BCUT2D eigenvalue weighted by Gasteiger charge is -2.21. The second-order valence-electron chi connectivity index (χ2n) is 5.92. The van der Waals surface area contributed by atoms with Gasteiger partial charge in [0.15, 0.2) is 0 Å². The molecule has 122 valence electrons. The summed E-state index contributed by atoms with van der Waals surface area (Å²) in [6.07, 6.45) is 0. The first-order valence-electron chi connectivity index (χ1n) is 8.06. The van der Waals surface area contributed by atoms with Gasteiger partial charge in [0, 0.05) is 11.4 Å². The average molecular weight is 318 g/mol. The van der Waals surface area contributed by atoms with Crippen molar-refractivity contribution in [1.29, 1.82) is 0 Å². The van der Waals surface area contributed by atoms with Gasteiger partial charge in [0.2, 0.25) is 0 Å². The van der Waals surface area contributed by atoms with Gasteiger partial charge in [-0.05, 0) is 55.8 Å². The molecule has 0 saturated carbocycles. The first-order valence-corrected chi connectivity index (χ1v) is 8.06. The molecule has 1 N–H and O–H groups in total. The number of methoxy groups -OCH3 is 1. The van der Waals surface area contributed by atoms with E-state index >= 15 is 0 Å². The predicted octanol–water partition coefficient (Wildman–Crippen LogP) is 4.91. The van der Waals surface area contributed by atoms with Crippen LogP contribution in [0.15, 0.2) is 66.7 Å². The molecule has 0 amide bonds. The van der Waals surface area contributed by atoms with Crippen molar-refractivity contribution in [2.45, 2.75) is 19.9 Å². The SMILES string of the molecule is COc1ccc(C(Nc2ccc(C)cc2)c2cccc(C)n2)cc1. The summed E-state index contributed by atoms with van der Waals surface area (Å²) < 4.78 is 5.27. The van der Waals surface area contributed by atoms with E-state index in [1.165, 1.54) is 5.56 Å². The minimum atomic E-state index is -0.0153. The number of benzene rings is 2. The van der Waals surface area contributed by atoms with Gasteiger partial charge in [0.05, 0.1) is 18.8 Å². The van der Waals surface area contributed by atoms with Crippen LogP contribution < -0.4 is 10.1 Å². The number of aromatic nitrogens is 1. The maximum Gasteiger partial charge on any atom is 0.118 e. The monoisotopic (exact) mass is 318 g/mol. The molecule has 0 aliphatic carbocycles. The Hall–Kier alpha value is -2.81. The van der Waals surface area contributed by atoms with Crippen LogP contribution in [0.2, 0.25) is 0 Å². The van der Waals surface area contributed by atoms with E-state index in [1.54, 1.807) is 7.11 Å². The molecule has 0 radical (unpaired) electrons. The molecule has 3 heteroatoms. The highest BCUT2D eigenvalue weighted by Crippen LogP contribution is 2.27. The maximum atomic E-state index is 5.27. The second kappa shape index (κ2) is 7.18. The number of ether oxygens (including phenoxy) is 1. The zero-order valence-corrected chi connectivity index (χ0v) is 14.3. The minimum Gasteiger partial charge on any atom is -0.497 e. The number of nitrogens with one attached hydrogen (secondary N) is 1. The molecule has 24 heavy (non-hydrogen) atoms. The highest BCUT2D eigenvalue weighted by atomic mass is 16.5. The Morgan fingerprint density at radius 1 is 0.875 bits per heavy atom. The molecule has 3 rings (SSSR count). The van der Waals surface area contributed by atoms with E-state index in [-0.39, 0.29) is 6.04 Å². The number of nitrogens with zero attached hydrogens (tertiary/aromatic N) is 1. The molecule has 2 aromatic carbocycles. The third-order valence-corrected chi connectivity index (χ3v) is 4.02. The first-order chi connectivity index (χ1) is 11.7. The third kappa shape index (κ3) is 3.74. The molecule has 1 heterocycles. The predicted molar refractivity (Wildman–Crippen MR) is 98.6 cm³/mol. The number of rotatable bonds is 5. The second-order valence-corrected chi connectivity index (χ2v) is 5.92. The Kier molecular flexibility index (Phi) is 4.80. The molecule has 3 aromatic rings. The van der Waals surface area contributed by atoms with Crippen LogP contribution in [0.25, 0.3) is 0 Å². The van der Waals surface area contributed by atoms with Crippen molar-refractivity contribution in [3.05, 3.63) is 89.2 Å². The first kappa shape index (κ1) is 16.1. The van der Waals surface area contributed by atoms with E-state index in [0.717, 1.165) is 28.4 Å². The van der Waals surface area contributed by atoms with Crippen molar-refractivity contribution in [2.24, 2.45) is 0 Å². The van der Waals surface area contributed by atoms with E-state index in [0.29, 0.717) is 0 Å². The average Bonchev–Trinajstić information content (AvgIpc) is 2.61. The Morgan fingerprint density at radius 3 is 2.21 bits per heavy atom. The third-order valence-electron chi connectivity index (χ3n) is 4.02. The Bertz CT molecular complexity index is 795. The molecule has 0 saturated heterocycles. The number of hydrogen-bond donors (Lipinski definition) is 1. The van der Waals surface area contributed by atoms with E-state index in [1.807, 2.05) is 31.2 Å². The van der Waals surface area contributed by atoms with Crippen molar-refractivity contribution in [3.63, 3.8) is 0 Å². The summed E-state index contributed by atoms with van der Waals surface area (Å²) in [7, 11) is 1.68. The highest BCUT2D eigenvalue weighted by Gasteiger charge is 2.16. The van der Waals surface area contributed by atoms with Gasteiger partial charge in [-0.25, -0.2) is 0 Å². The molecule has 1 atom stereocenters. The normalized spacial score (nSPS) is 11.8. The quantitative estimate of drug-likeness (QED) is 0.726. The number of aryl methyl sites for hydroxylation is 2. The van der Waals surface area contributed by atoms with Crippen LogP contribution in [-0.2, 0) is 0 Å². The van der Waals surface area contributed by atoms with Crippen molar-refractivity contribution >= 4 is 5.69 Å². The van der Waals surface area contributed by atoms with Gasteiger partial charge in [-0.1, -0.05) is 35.9 Å². The van der Waals surface area contributed by atoms with Gasteiger partial charge in [-0.2, -0.15) is 0 Å². The van der Waals surface area contributed by atoms with Crippen LogP contribution in [0.1, 0.15) is 28.6 Å². The topological polar surface area (TPSA) is 34.1 Å². The molecule has 0 fully saturated rings. The standard InChI is InChI=1S/C21H22N2O/c1-15-7-11-18(12-8-15)23-21(20-6-4-5-16(2)22-20)17-9-13-19(24-3)14-10-17/h4-14,21,23H,1-3H3. The lowest BCUT2D eigenvalue weighted by molar-refractivity contribution is 0.414. The highest BCUT2D eigenvalue weighted by molar-refractivity contribution is 5.49. The summed E-state index contributed by atoms with van der Waals surface area (Å²) in [4.78, 5) is 4.71. The van der Waals surface area contributed by atoms with Crippen LogP contribution in [0.5, 0.6) is 5.75 Å². The minimum absolute atomic E-state index is 0.0153. The fourth-order valence-corrected chi connectivity index (χ4v) is 2.67. The molecule has 1 aromatic heterocycles. The van der Waals surface area contributed by atoms with E-state index in [4.69, 9.17) is 9.72 Å². The molecule has 0 spiro atoms. The zero-order valence-electron chi connectivity index (χ0n) is 14.3. The summed E-state index contributed by atoms with van der Waals surface area (Å²) in [5.41, 5.74) is 5.48. The summed E-state index contributed by atoms with van der Waals surface area (Å²) in [6, 6.07) is 22.6. The van der Waals surface area contributed by atoms with Gasteiger partial charge < -0.3 is 10.1 Å².